The Bertz CT molecular complexity index is 385. The van der Waals surface area contributed by atoms with Gasteiger partial charge in [0.15, 0.2) is 0 Å². The van der Waals surface area contributed by atoms with Crippen LogP contribution in [0, 0.1) is 5.92 Å². The predicted octanol–water partition coefficient (Wildman–Crippen LogP) is 8.00. The first kappa shape index (κ1) is 25.8. The largest absolute Gasteiger partial charge is 0.508 e. The third-order valence-corrected chi connectivity index (χ3v) is 4.79. The van der Waals surface area contributed by atoms with Gasteiger partial charge >= 0.3 is 6.16 Å². The summed E-state index contributed by atoms with van der Waals surface area (Å²) in [7, 11) is 0. The molecule has 0 amide bonds. The second-order valence-corrected chi connectivity index (χ2v) is 7.75. The minimum atomic E-state index is -0.529. The van der Waals surface area contributed by atoms with E-state index >= 15 is 0 Å². The van der Waals surface area contributed by atoms with Crippen molar-refractivity contribution in [3.05, 3.63) is 24.3 Å². The van der Waals surface area contributed by atoms with E-state index in [1.54, 1.807) is 0 Å². The number of carbonyl (C=O) groups excluding carboxylic acids is 1. The SMILES string of the molecule is CCCCC/C=C/C/C=C/CCCCCCCCOC(=O)OC(C)C(C)C. The van der Waals surface area contributed by atoms with E-state index in [2.05, 4.69) is 31.2 Å². The fourth-order valence-electron chi connectivity index (χ4n) is 2.57. The molecule has 0 spiro atoms. The van der Waals surface area contributed by atoms with Crippen LogP contribution < -0.4 is 0 Å². The molecule has 0 aliphatic heterocycles. The van der Waals surface area contributed by atoms with Crippen molar-refractivity contribution in [3.63, 3.8) is 0 Å². The smallest absolute Gasteiger partial charge is 0.434 e. The van der Waals surface area contributed by atoms with Crippen molar-refractivity contribution in [2.24, 2.45) is 5.92 Å². The van der Waals surface area contributed by atoms with Crippen LogP contribution in [0.3, 0.4) is 0 Å². The summed E-state index contributed by atoms with van der Waals surface area (Å²) in [4.78, 5) is 11.5. The van der Waals surface area contributed by atoms with E-state index in [0.717, 1.165) is 19.3 Å². The summed E-state index contributed by atoms with van der Waals surface area (Å²) in [6.07, 6.45) is 23.1. The molecule has 27 heavy (non-hydrogen) atoms. The molecule has 0 aromatic rings. The fraction of sp³-hybridized carbons (Fsp3) is 0.792. The molecule has 0 N–H and O–H groups in total. The van der Waals surface area contributed by atoms with Crippen LogP contribution in [0.1, 0.15) is 105 Å². The van der Waals surface area contributed by atoms with Gasteiger partial charge in [0.25, 0.3) is 0 Å². The number of rotatable bonds is 17. The third-order valence-electron chi connectivity index (χ3n) is 4.79. The van der Waals surface area contributed by atoms with E-state index in [9.17, 15) is 4.79 Å². The maximum atomic E-state index is 11.5. The van der Waals surface area contributed by atoms with Crippen LogP contribution in [0.15, 0.2) is 24.3 Å². The number of allylic oxidation sites excluding steroid dienone is 4. The summed E-state index contributed by atoms with van der Waals surface area (Å²) in [6, 6.07) is 0. The highest BCUT2D eigenvalue weighted by molar-refractivity contribution is 5.60. The molecule has 0 fully saturated rings. The highest BCUT2D eigenvalue weighted by Gasteiger charge is 2.13. The molecular formula is C24H44O3. The van der Waals surface area contributed by atoms with Gasteiger partial charge in [-0.3, -0.25) is 0 Å². The lowest BCUT2D eigenvalue weighted by Gasteiger charge is -2.16. The molecule has 0 aliphatic rings. The van der Waals surface area contributed by atoms with E-state index < -0.39 is 6.16 Å². The van der Waals surface area contributed by atoms with E-state index in [4.69, 9.17) is 9.47 Å². The molecule has 0 aliphatic carbocycles. The van der Waals surface area contributed by atoms with Gasteiger partial charge in [-0.1, -0.05) is 83.6 Å². The van der Waals surface area contributed by atoms with E-state index in [1.165, 1.54) is 57.8 Å². The summed E-state index contributed by atoms with van der Waals surface area (Å²) >= 11 is 0. The molecule has 158 valence electrons. The number of carbonyl (C=O) groups is 1. The van der Waals surface area contributed by atoms with Crippen molar-refractivity contribution in [1.29, 1.82) is 0 Å². The van der Waals surface area contributed by atoms with Gasteiger partial charge in [0.2, 0.25) is 0 Å². The molecule has 0 rings (SSSR count). The van der Waals surface area contributed by atoms with Crippen LogP contribution in [-0.4, -0.2) is 18.9 Å². The zero-order chi connectivity index (χ0) is 20.2. The standard InChI is InChI=1S/C24H44O3/c1-5-6-7-8-9-10-11-12-13-14-15-16-17-18-19-20-21-26-24(25)27-23(4)22(2)3/h9-10,12-13,22-23H,5-8,11,14-21H2,1-4H3/b10-9+,13-12+. The Morgan fingerprint density at radius 1 is 0.778 bits per heavy atom. The molecule has 0 radical (unpaired) electrons. The van der Waals surface area contributed by atoms with Crippen molar-refractivity contribution >= 4 is 6.16 Å². The molecule has 0 saturated carbocycles. The van der Waals surface area contributed by atoms with Crippen LogP contribution in [0.5, 0.6) is 0 Å². The summed E-state index contributed by atoms with van der Waals surface area (Å²) < 4.78 is 10.3. The van der Waals surface area contributed by atoms with Crippen molar-refractivity contribution in [3.8, 4) is 0 Å². The summed E-state index contributed by atoms with van der Waals surface area (Å²) in [5, 5.41) is 0. The van der Waals surface area contributed by atoms with Gasteiger partial charge in [-0.2, -0.15) is 0 Å². The number of hydrogen-bond donors (Lipinski definition) is 0. The van der Waals surface area contributed by atoms with Crippen LogP contribution in [0.2, 0.25) is 0 Å². The Morgan fingerprint density at radius 3 is 1.93 bits per heavy atom. The molecule has 0 aromatic heterocycles. The molecule has 0 aromatic carbocycles. The van der Waals surface area contributed by atoms with Crippen molar-refractivity contribution < 1.29 is 14.3 Å². The van der Waals surface area contributed by atoms with Gasteiger partial charge < -0.3 is 9.47 Å². The zero-order valence-electron chi connectivity index (χ0n) is 18.4. The summed E-state index contributed by atoms with van der Waals surface area (Å²) in [6.45, 7) is 8.67. The van der Waals surface area contributed by atoms with Crippen LogP contribution >= 0.6 is 0 Å². The molecular weight excluding hydrogens is 336 g/mol. The quantitative estimate of drug-likeness (QED) is 0.146. The molecule has 0 bridgehead atoms. The first-order chi connectivity index (χ1) is 13.1. The third kappa shape index (κ3) is 19.3. The minimum absolute atomic E-state index is 0.0895. The van der Waals surface area contributed by atoms with Gasteiger partial charge in [-0.25, -0.2) is 4.79 Å². The molecule has 1 atom stereocenters. The highest BCUT2D eigenvalue weighted by Crippen LogP contribution is 2.09. The Labute approximate surface area is 168 Å². The Kier molecular flexibility index (Phi) is 18.6. The van der Waals surface area contributed by atoms with Crippen molar-refractivity contribution in [2.75, 3.05) is 6.61 Å². The van der Waals surface area contributed by atoms with Crippen molar-refractivity contribution in [2.45, 2.75) is 111 Å². The molecule has 0 saturated heterocycles. The second kappa shape index (κ2) is 19.5. The Morgan fingerprint density at radius 2 is 1.33 bits per heavy atom. The second-order valence-electron chi connectivity index (χ2n) is 7.75. The first-order valence-electron chi connectivity index (χ1n) is 11.2. The van der Waals surface area contributed by atoms with E-state index in [-0.39, 0.29) is 6.10 Å². The minimum Gasteiger partial charge on any atom is -0.434 e. The van der Waals surface area contributed by atoms with Gasteiger partial charge in [0, 0.05) is 0 Å². The fourth-order valence-corrected chi connectivity index (χ4v) is 2.57. The van der Waals surface area contributed by atoms with Gasteiger partial charge in [-0.05, 0) is 51.4 Å². The van der Waals surface area contributed by atoms with E-state index in [0.29, 0.717) is 12.5 Å². The monoisotopic (exact) mass is 380 g/mol. The predicted molar refractivity (Wildman–Crippen MR) is 116 cm³/mol. The molecule has 3 nitrogen and oxygen atoms in total. The maximum absolute atomic E-state index is 11.5. The normalized spacial score (nSPS) is 12.9. The highest BCUT2D eigenvalue weighted by atomic mass is 16.7. The summed E-state index contributed by atoms with van der Waals surface area (Å²) in [5.74, 6) is 0.319. The summed E-state index contributed by atoms with van der Waals surface area (Å²) in [5.41, 5.74) is 0. The lowest BCUT2D eigenvalue weighted by molar-refractivity contribution is 0.0140. The molecule has 1 unspecified atom stereocenters. The number of unbranched alkanes of at least 4 members (excludes halogenated alkanes) is 9. The Balaban J connectivity index is 3.31. The van der Waals surface area contributed by atoms with E-state index in [1.807, 2.05) is 20.8 Å². The first-order valence-corrected chi connectivity index (χ1v) is 11.2. The molecule has 3 heteroatoms. The van der Waals surface area contributed by atoms with Gasteiger partial charge in [0.05, 0.1) is 6.61 Å². The number of hydrogen-bond acceptors (Lipinski definition) is 3. The average Bonchev–Trinajstić information content (AvgIpc) is 2.64. The van der Waals surface area contributed by atoms with Gasteiger partial charge in [0.1, 0.15) is 6.10 Å². The van der Waals surface area contributed by atoms with Crippen LogP contribution in [0.25, 0.3) is 0 Å². The van der Waals surface area contributed by atoms with Crippen LogP contribution in [-0.2, 0) is 9.47 Å². The average molecular weight is 381 g/mol. The lowest BCUT2D eigenvalue weighted by Crippen LogP contribution is -2.21. The van der Waals surface area contributed by atoms with Crippen LogP contribution in [0.4, 0.5) is 4.79 Å². The maximum Gasteiger partial charge on any atom is 0.508 e. The topological polar surface area (TPSA) is 35.5 Å². The lowest BCUT2D eigenvalue weighted by atomic mass is 10.1. The molecule has 0 heterocycles. The van der Waals surface area contributed by atoms with Gasteiger partial charge in [-0.15, -0.1) is 0 Å². The Hall–Kier alpha value is -1.25. The van der Waals surface area contributed by atoms with Crippen molar-refractivity contribution in [1.82, 2.24) is 0 Å². The number of ether oxygens (including phenoxy) is 2. The zero-order valence-corrected chi connectivity index (χ0v) is 18.4.